The van der Waals surface area contributed by atoms with Crippen molar-refractivity contribution >= 4 is 144 Å². The third-order valence-electron chi connectivity index (χ3n) is 14.8. The maximum Gasteiger partial charge on any atom is 2.00 e. The number of nitrogens with one attached hydrogen (secondary N) is 3. The molecule has 1 radical (unpaired) electrons. The summed E-state index contributed by atoms with van der Waals surface area (Å²) in [6.45, 7) is 10.3. The summed E-state index contributed by atoms with van der Waals surface area (Å²) < 4.78 is 20.1. The number of aliphatic carboxylic acids is 3. The molecule has 11 rings (SSSR count). The van der Waals surface area contributed by atoms with E-state index in [9.17, 15) is 44.1 Å². The second kappa shape index (κ2) is 36.3. The number of aromatic nitrogens is 3. The number of nitrogens with zero attached hydrogens (tertiary/aromatic N) is 3. The third kappa shape index (κ3) is 19.7. The number of benzene rings is 6. The molecule has 0 amide bonds. The zero-order valence-corrected chi connectivity index (χ0v) is 57.4. The minimum absolute atomic E-state index is 0. The molecule has 20 nitrogen and oxygen atoms in total. The molecule has 2 fully saturated rings. The molecular formula is C67H70Cl6CuN8O12+2. The van der Waals surface area contributed by atoms with Crippen molar-refractivity contribution in [1.29, 1.82) is 5.41 Å². The minimum atomic E-state index is -0.986. The number of hydrogen-bond donors (Lipinski definition) is 8. The predicted octanol–water partition coefficient (Wildman–Crippen LogP) is 13.4. The molecule has 0 spiro atoms. The zero-order valence-electron chi connectivity index (χ0n) is 52.0. The number of fused-ring (bicyclic) bond motifs is 3. The number of rotatable bonds is 13. The summed E-state index contributed by atoms with van der Waals surface area (Å²) in [6, 6.07) is 29.3. The number of amidine groups is 1. The van der Waals surface area contributed by atoms with Crippen LogP contribution in [0.3, 0.4) is 0 Å². The molecule has 0 saturated carbocycles. The van der Waals surface area contributed by atoms with E-state index in [1.165, 1.54) is 86.9 Å². The van der Waals surface area contributed by atoms with Crippen molar-refractivity contribution in [3.63, 3.8) is 0 Å². The van der Waals surface area contributed by atoms with E-state index in [4.69, 9.17) is 101 Å². The average molecular weight is 1460 g/mol. The summed E-state index contributed by atoms with van der Waals surface area (Å²) >= 11 is 36.4. The van der Waals surface area contributed by atoms with Crippen molar-refractivity contribution in [1.82, 2.24) is 24.3 Å². The number of carbonyl (C=O) groups excluding carboxylic acids is 3. The number of hydrogen-bond acceptors (Lipinski definition) is 13. The Morgan fingerprint density at radius 2 is 0.681 bits per heavy atom. The van der Waals surface area contributed by atoms with Crippen LogP contribution < -0.4 is 36.3 Å². The molecule has 27 heteroatoms. The van der Waals surface area contributed by atoms with E-state index in [1.807, 2.05) is 0 Å². The Kier molecular flexibility index (Phi) is 29.8. The average Bonchev–Trinajstić information content (AvgIpc) is 1.62. The molecule has 94 heavy (non-hydrogen) atoms. The number of carbonyl (C=O) groups is 6. The Morgan fingerprint density at radius 1 is 0.457 bits per heavy atom. The molecule has 6 aromatic carbocycles. The smallest absolute Gasteiger partial charge is 0.495 e. The monoisotopic (exact) mass is 1450 g/mol. The van der Waals surface area contributed by atoms with E-state index in [2.05, 4.69) is 10.6 Å². The number of carboxylic acids is 3. The van der Waals surface area contributed by atoms with Crippen LogP contribution in [0, 0.1) is 26.2 Å². The summed E-state index contributed by atoms with van der Waals surface area (Å²) in [5.74, 6) is -2.54. The van der Waals surface area contributed by atoms with Gasteiger partial charge in [-0.15, -0.1) is 0 Å². The summed E-state index contributed by atoms with van der Waals surface area (Å²) in [4.78, 5) is 73.1. The molecule has 9 aromatic rings. The van der Waals surface area contributed by atoms with Crippen LogP contribution >= 0.6 is 69.6 Å². The van der Waals surface area contributed by atoms with Crippen molar-refractivity contribution in [3.05, 3.63) is 190 Å². The molecule has 501 valence electrons. The van der Waals surface area contributed by atoms with E-state index in [1.54, 1.807) is 130 Å². The summed E-state index contributed by atoms with van der Waals surface area (Å²) in [6.07, 6.45) is 4.91. The Morgan fingerprint density at radius 3 is 0.851 bits per heavy atom. The standard InChI is InChI=1S/3C19H15Cl2NO4.2C4H9N.C2H7N3.Cu/c3*1-10-13(8-18(23)24)14-7-17(26-2)15(21)9-16(14)22(10)19(25)11-3-5-12(20)6-4-11;2*1-2-4-5-3-1;3-1-2(4)5;/h3*3-7,9H,8H2,1-2H3,(H,23,24);2*5H,1-4H2;1,3H2,(H3,4,5);/q;;;;;;+2. The molecule has 2 aliphatic heterocycles. The van der Waals surface area contributed by atoms with Crippen LogP contribution in [-0.2, 0) is 50.7 Å². The number of carboxylic acid groups (broad SMARTS) is 3. The molecule has 5 heterocycles. The van der Waals surface area contributed by atoms with Gasteiger partial charge in [-0.25, -0.2) is 0 Å². The fourth-order valence-electron chi connectivity index (χ4n) is 10.2. The fraction of sp³-hybridized carbons (Fsp3) is 0.269. The van der Waals surface area contributed by atoms with Crippen LogP contribution in [0.1, 0.15) is 90.5 Å². The molecule has 0 bridgehead atoms. The number of halogens is 6. The molecule has 0 aliphatic carbocycles. The van der Waals surface area contributed by atoms with Gasteiger partial charge in [0.1, 0.15) is 23.1 Å². The Bertz CT molecular complexity index is 3780. The van der Waals surface area contributed by atoms with Crippen molar-refractivity contribution in [2.45, 2.75) is 65.7 Å². The van der Waals surface area contributed by atoms with Crippen LogP contribution in [0.25, 0.3) is 32.7 Å². The van der Waals surface area contributed by atoms with Crippen molar-refractivity contribution in [2.75, 3.05) is 54.1 Å². The van der Waals surface area contributed by atoms with E-state index < -0.39 is 17.9 Å². The number of ether oxygens (including phenoxy) is 3. The first-order valence-electron chi connectivity index (χ1n) is 28.9. The Balaban J connectivity index is 0.000000227. The van der Waals surface area contributed by atoms with Gasteiger partial charge >= 0.3 is 35.0 Å². The normalized spacial score (nSPS) is 12.0. The number of nitrogens with two attached hydrogens (primary N) is 2. The van der Waals surface area contributed by atoms with Crippen molar-refractivity contribution in [2.24, 2.45) is 11.5 Å². The fourth-order valence-corrected chi connectivity index (χ4v) is 11.3. The first-order valence-corrected chi connectivity index (χ1v) is 31.2. The molecule has 0 atom stereocenters. The van der Waals surface area contributed by atoms with Crippen LogP contribution in [0.5, 0.6) is 17.2 Å². The van der Waals surface area contributed by atoms with Gasteiger partial charge in [0, 0.05) is 65.0 Å². The Labute approximate surface area is 583 Å². The summed E-state index contributed by atoms with van der Waals surface area (Å²) in [7, 11) is 4.44. The second-order valence-electron chi connectivity index (χ2n) is 21.0. The van der Waals surface area contributed by atoms with E-state index >= 15 is 0 Å². The third-order valence-corrected chi connectivity index (χ3v) is 16.5. The predicted molar refractivity (Wildman–Crippen MR) is 367 cm³/mol. The molecule has 10 N–H and O–H groups in total. The molecule has 2 saturated heterocycles. The van der Waals surface area contributed by atoms with Crippen LogP contribution in [-0.4, -0.2) is 125 Å². The van der Waals surface area contributed by atoms with Gasteiger partial charge in [-0.2, -0.15) is 0 Å². The SMILES string of the molecule is C1CCNC1.C1CCNC1.COc1cc2c(CC(=O)O)c(C)n(C(=O)c3ccc(Cl)cc3)c2cc1Cl.COc1cc2c(CC(=O)O)c(C)n(C(=O)c3ccc(Cl)cc3)c2cc1Cl.COc1cc2c(CC(=O)O)c(C)n(C(=O)c3ccc(Cl)cc3)c2cc1Cl.N=C(N)CN.[Cu+2]. The van der Waals surface area contributed by atoms with Crippen molar-refractivity contribution < 1.29 is 75.4 Å². The van der Waals surface area contributed by atoms with Gasteiger partial charge in [-0.05, 0) is 199 Å². The first-order chi connectivity index (χ1) is 44.3. The zero-order chi connectivity index (χ0) is 68.4. The van der Waals surface area contributed by atoms with Crippen LogP contribution in [0.15, 0.2) is 109 Å². The first kappa shape index (κ1) is 77.1. The summed E-state index contributed by atoms with van der Waals surface area (Å²) in [5, 5.41) is 45.1. The number of methoxy groups -OCH3 is 3. The van der Waals surface area contributed by atoms with Gasteiger partial charge in [0.2, 0.25) is 0 Å². The molecule has 3 aromatic heterocycles. The van der Waals surface area contributed by atoms with Crippen molar-refractivity contribution in [3.8, 4) is 17.2 Å². The molecule has 0 unspecified atom stereocenters. The second-order valence-corrected chi connectivity index (χ2v) is 23.5. The van der Waals surface area contributed by atoms with E-state index in [-0.39, 0.29) is 66.4 Å². The van der Waals surface area contributed by atoms with Crippen LogP contribution in [0.2, 0.25) is 30.1 Å². The largest absolute Gasteiger partial charge is 2.00 e. The molecular weight excluding hydrogens is 1390 g/mol. The topological polar surface area (TPSA) is 306 Å². The quantitative estimate of drug-likeness (QED) is 0.0302. The van der Waals surface area contributed by atoms with E-state index in [0.717, 1.165) is 0 Å². The summed E-state index contributed by atoms with van der Waals surface area (Å²) in [5.41, 5.74) is 15.7. The van der Waals surface area contributed by atoms with Gasteiger partial charge in [-0.3, -0.25) is 47.9 Å². The van der Waals surface area contributed by atoms with Gasteiger partial charge in [0.25, 0.3) is 17.7 Å². The van der Waals surface area contributed by atoms with Crippen LogP contribution in [0.4, 0.5) is 0 Å². The molecule has 2 aliphatic rings. The van der Waals surface area contributed by atoms with Gasteiger partial charge in [0.15, 0.2) is 0 Å². The van der Waals surface area contributed by atoms with Gasteiger partial charge in [-0.1, -0.05) is 69.6 Å². The van der Waals surface area contributed by atoms with Gasteiger partial charge < -0.3 is 51.6 Å². The van der Waals surface area contributed by atoms with E-state index in [0.29, 0.717) is 131 Å². The maximum atomic E-state index is 13.1. The minimum Gasteiger partial charge on any atom is -0.495 e. The Hall–Kier alpha value is -7.63. The maximum absolute atomic E-state index is 13.1. The van der Waals surface area contributed by atoms with Gasteiger partial charge in [0.05, 0.1) is 78.8 Å².